The molecule has 0 aromatic heterocycles. The van der Waals surface area contributed by atoms with Crippen molar-refractivity contribution in [3.8, 4) is 0 Å². The first-order chi connectivity index (χ1) is 7.75. The lowest BCUT2D eigenvalue weighted by Crippen LogP contribution is -2.43. The summed E-state index contributed by atoms with van der Waals surface area (Å²) in [5.41, 5.74) is 0. The smallest absolute Gasteiger partial charge is 0.0197 e. The molecule has 0 aromatic rings. The average Bonchev–Trinajstić information content (AvgIpc) is 2.66. The predicted molar refractivity (Wildman–Crippen MR) is 73.2 cm³/mol. The molecule has 0 aliphatic carbocycles. The summed E-state index contributed by atoms with van der Waals surface area (Å²) in [4.78, 5) is 2.76. The molecule has 2 unspecified atom stereocenters. The van der Waals surface area contributed by atoms with E-state index in [1.54, 1.807) is 0 Å². The number of hydrogen-bond acceptors (Lipinski definition) is 3. The minimum atomic E-state index is 0.730. The molecule has 2 nitrogen and oxygen atoms in total. The maximum atomic E-state index is 3.72. The summed E-state index contributed by atoms with van der Waals surface area (Å²) in [7, 11) is 0. The summed E-state index contributed by atoms with van der Waals surface area (Å²) in [6, 6.07) is 1.60. The highest BCUT2D eigenvalue weighted by Crippen LogP contribution is 2.24. The molecule has 1 N–H and O–H groups in total. The largest absolute Gasteiger partial charge is 0.313 e. The quantitative estimate of drug-likeness (QED) is 0.817. The first-order valence-corrected chi connectivity index (χ1v) is 7.96. The zero-order valence-electron chi connectivity index (χ0n) is 10.7. The van der Waals surface area contributed by atoms with Gasteiger partial charge in [-0.25, -0.2) is 0 Å². The minimum absolute atomic E-state index is 0.730. The lowest BCUT2D eigenvalue weighted by Gasteiger charge is -2.30. The van der Waals surface area contributed by atoms with Gasteiger partial charge in [-0.2, -0.15) is 11.8 Å². The van der Waals surface area contributed by atoms with Gasteiger partial charge in [0.15, 0.2) is 0 Å². The van der Waals surface area contributed by atoms with Crippen molar-refractivity contribution in [1.82, 2.24) is 10.2 Å². The van der Waals surface area contributed by atoms with Crippen LogP contribution in [-0.2, 0) is 0 Å². The van der Waals surface area contributed by atoms with E-state index in [0.29, 0.717) is 0 Å². The Morgan fingerprint density at radius 2 is 2.31 bits per heavy atom. The van der Waals surface area contributed by atoms with Crippen molar-refractivity contribution in [2.75, 3.05) is 31.1 Å². The monoisotopic (exact) mass is 242 g/mol. The third-order valence-electron chi connectivity index (χ3n) is 3.69. The van der Waals surface area contributed by atoms with E-state index in [9.17, 15) is 0 Å². The van der Waals surface area contributed by atoms with E-state index in [1.165, 1.54) is 50.4 Å². The Labute approximate surface area is 105 Å². The van der Waals surface area contributed by atoms with E-state index in [1.807, 2.05) is 0 Å². The molecule has 94 valence electrons. The molecule has 0 bridgehead atoms. The zero-order chi connectivity index (χ0) is 11.4. The van der Waals surface area contributed by atoms with Gasteiger partial charge in [-0.05, 0) is 44.0 Å². The molecule has 16 heavy (non-hydrogen) atoms. The van der Waals surface area contributed by atoms with E-state index in [2.05, 4.69) is 35.8 Å². The molecule has 0 saturated carbocycles. The van der Waals surface area contributed by atoms with Crippen LogP contribution in [0.25, 0.3) is 0 Å². The summed E-state index contributed by atoms with van der Waals surface area (Å²) < 4.78 is 0. The lowest BCUT2D eigenvalue weighted by atomic mass is 10.0. The molecule has 0 amide bonds. The number of thioether (sulfide) groups is 1. The summed E-state index contributed by atoms with van der Waals surface area (Å²) in [5.74, 6) is 3.56. The molecule has 2 atom stereocenters. The van der Waals surface area contributed by atoms with E-state index >= 15 is 0 Å². The third kappa shape index (κ3) is 3.64. The summed E-state index contributed by atoms with van der Waals surface area (Å²) >= 11 is 2.14. The van der Waals surface area contributed by atoms with Crippen molar-refractivity contribution in [2.45, 2.75) is 45.2 Å². The fraction of sp³-hybridized carbons (Fsp3) is 1.00. The highest BCUT2D eigenvalue weighted by Gasteiger charge is 2.26. The Bertz CT molecular complexity index is 202. The van der Waals surface area contributed by atoms with Crippen molar-refractivity contribution in [1.29, 1.82) is 0 Å². The maximum absolute atomic E-state index is 3.72. The molecule has 2 aliphatic heterocycles. The molecule has 0 spiro atoms. The molecule has 0 radical (unpaired) electrons. The first kappa shape index (κ1) is 12.7. The minimum Gasteiger partial charge on any atom is -0.313 e. The van der Waals surface area contributed by atoms with Crippen molar-refractivity contribution in [3.05, 3.63) is 0 Å². The average molecular weight is 242 g/mol. The lowest BCUT2D eigenvalue weighted by molar-refractivity contribution is 0.201. The zero-order valence-corrected chi connectivity index (χ0v) is 11.6. The third-order valence-corrected chi connectivity index (χ3v) is 4.83. The van der Waals surface area contributed by atoms with Crippen molar-refractivity contribution >= 4 is 11.8 Å². The topological polar surface area (TPSA) is 15.3 Å². The Morgan fingerprint density at radius 3 is 3.00 bits per heavy atom. The van der Waals surface area contributed by atoms with E-state index in [4.69, 9.17) is 0 Å². The standard InChI is InChI=1S/C13H26N2S/c1-11(2)8-12-9-15(6-3-5-14-12)13-4-7-16-10-13/h11-14H,3-10H2,1-2H3. The van der Waals surface area contributed by atoms with Gasteiger partial charge in [-0.3, -0.25) is 4.90 Å². The molecule has 3 heteroatoms. The summed E-state index contributed by atoms with van der Waals surface area (Å²) in [6.07, 6.45) is 4.07. The summed E-state index contributed by atoms with van der Waals surface area (Å²) in [6.45, 7) is 8.48. The second-order valence-corrected chi connectivity index (χ2v) is 6.80. The predicted octanol–water partition coefficient (Wildman–Crippen LogP) is 2.20. The van der Waals surface area contributed by atoms with Gasteiger partial charge in [0.1, 0.15) is 0 Å². The Morgan fingerprint density at radius 1 is 1.44 bits per heavy atom. The van der Waals surface area contributed by atoms with Crippen molar-refractivity contribution in [2.24, 2.45) is 5.92 Å². The van der Waals surface area contributed by atoms with Gasteiger partial charge in [0, 0.05) is 24.4 Å². The van der Waals surface area contributed by atoms with E-state index < -0.39 is 0 Å². The maximum Gasteiger partial charge on any atom is 0.0197 e. The van der Waals surface area contributed by atoms with Crippen LogP contribution in [0.5, 0.6) is 0 Å². The van der Waals surface area contributed by atoms with Gasteiger partial charge >= 0.3 is 0 Å². The Hall–Kier alpha value is 0.270. The normalized spacial score (nSPS) is 33.2. The van der Waals surface area contributed by atoms with Crippen LogP contribution < -0.4 is 5.32 Å². The van der Waals surface area contributed by atoms with Crippen LogP contribution in [0.15, 0.2) is 0 Å². The van der Waals surface area contributed by atoms with Gasteiger partial charge in [0.2, 0.25) is 0 Å². The summed E-state index contributed by atoms with van der Waals surface area (Å²) in [5, 5.41) is 3.72. The van der Waals surface area contributed by atoms with E-state index in [0.717, 1.165) is 18.0 Å². The number of nitrogens with one attached hydrogen (secondary N) is 1. The van der Waals surface area contributed by atoms with Gasteiger partial charge in [0.05, 0.1) is 0 Å². The fourth-order valence-corrected chi connectivity index (χ4v) is 4.15. The van der Waals surface area contributed by atoms with Gasteiger partial charge in [-0.15, -0.1) is 0 Å². The van der Waals surface area contributed by atoms with Crippen molar-refractivity contribution in [3.63, 3.8) is 0 Å². The second kappa shape index (κ2) is 6.27. The van der Waals surface area contributed by atoms with Gasteiger partial charge in [0.25, 0.3) is 0 Å². The Balaban J connectivity index is 1.86. The van der Waals surface area contributed by atoms with Crippen molar-refractivity contribution < 1.29 is 0 Å². The molecule has 2 fully saturated rings. The number of rotatable bonds is 3. The van der Waals surface area contributed by atoms with Crippen LogP contribution in [0, 0.1) is 5.92 Å². The molecule has 2 heterocycles. The van der Waals surface area contributed by atoms with Crippen LogP contribution in [0.3, 0.4) is 0 Å². The SMILES string of the molecule is CC(C)CC1CN(C2CCSC2)CCCN1. The molecule has 0 aromatic carbocycles. The van der Waals surface area contributed by atoms with Gasteiger partial charge in [-0.1, -0.05) is 13.8 Å². The second-order valence-electron chi connectivity index (χ2n) is 5.65. The molecular formula is C13H26N2S. The Kier molecular flexibility index (Phi) is 4.98. The van der Waals surface area contributed by atoms with Crippen LogP contribution in [0.1, 0.15) is 33.1 Å². The van der Waals surface area contributed by atoms with Crippen LogP contribution >= 0.6 is 11.8 Å². The highest BCUT2D eigenvalue weighted by atomic mass is 32.2. The van der Waals surface area contributed by atoms with E-state index in [-0.39, 0.29) is 0 Å². The molecule has 2 aliphatic rings. The molecule has 2 rings (SSSR count). The fourth-order valence-electron chi connectivity index (χ4n) is 2.90. The number of nitrogens with zero attached hydrogens (tertiary/aromatic N) is 1. The van der Waals surface area contributed by atoms with Gasteiger partial charge < -0.3 is 5.32 Å². The van der Waals surface area contributed by atoms with Crippen LogP contribution in [0.2, 0.25) is 0 Å². The first-order valence-electron chi connectivity index (χ1n) is 6.81. The van der Waals surface area contributed by atoms with Crippen LogP contribution in [-0.4, -0.2) is 48.1 Å². The molecule has 2 saturated heterocycles. The molecular weight excluding hydrogens is 216 g/mol. The number of hydrogen-bond donors (Lipinski definition) is 1. The van der Waals surface area contributed by atoms with Crippen LogP contribution in [0.4, 0.5) is 0 Å². The highest BCUT2D eigenvalue weighted by molar-refractivity contribution is 7.99.